The van der Waals surface area contributed by atoms with Gasteiger partial charge in [-0.1, -0.05) is 30.7 Å². The van der Waals surface area contributed by atoms with E-state index < -0.39 is 0 Å². The molecule has 3 nitrogen and oxygen atoms in total. The number of hydrogen-bond donors (Lipinski definition) is 1. The number of thioether (sulfide) groups is 1. The number of aromatic amines is 1. The van der Waals surface area contributed by atoms with Crippen molar-refractivity contribution in [1.29, 1.82) is 0 Å². The zero-order chi connectivity index (χ0) is 13.0. The van der Waals surface area contributed by atoms with Crippen molar-refractivity contribution < 1.29 is 0 Å². The van der Waals surface area contributed by atoms with Gasteiger partial charge in [0.1, 0.15) is 5.82 Å². The predicted molar refractivity (Wildman–Crippen MR) is 75.2 cm³/mol. The third-order valence-corrected chi connectivity index (χ3v) is 3.93. The van der Waals surface area contributed by atoms with Gasteiger partial charge in [0.15, 0.2) is 0 Å². The van der Waals surface area contributed by atoms with Gasteiger partial charge in [-0.15, -0.1) is 11.8 Å². The largest absolute Gasteiger partial charge is 0.310 e. The first-order valence-corrected chi connectivity index (χ1v) is 7.02. The molecule has 1 aromatic heterocycles. The van der Waals surface area contributed by atoms with Crippen LogP contribution in [0.5, 0.6) is 0 Å². The first-order chi connectivity index (χ1) is 8.69. The van der Waals surface area contributed by atoms with E-state index in [2.05, 4.69) is 9.97 Å². The van der Waals surface area contributed by atoms with Crippen molar-refractivity contribution in [2.45, 2.75) is 24.0 Å². The number of nitrogens with one attached hydrogen (secondary N) is 1. The van der Waals surface area contributed by atoms with Crippen molar-refractivity contribution in [1.82, 2.24) is 9.97 Å². The van der Waals surface area contributed by atoms with Crippen molar-refractivity contribution in [3.8, 4) is 0 Å². The fourth-order valence-electron chi connectivity index (χ4n) is 1.52. The Bertz CT molecular complexity index is 598. The Balaban J connectivity index is 2.13. The van der Waals surface area contributed by atoms with E-state index in [9.17, 15) is 4.79 Å². The van der Waals surface area contributed by atoms with E-state index in [1.807, 2.05) is 31.2 Å². The molecule has 0 amide bonds. The number of halogens is 1. The number of aromatic nitrogens is 2. The van der Waals surface area contributed by atoms with Gasteiger partial charge < -0.3 is 4.98 Å². The van der Waals surface area contributed by atoms with Crippen LogP contribution in [-0.2, 0) is 12.2 Å². The van der Waals surface area contributed by atoms with Crippen LogP contribution in [-0.4, -0.2) is 9.97 Å². The molecule has 0 atom stereocenters. The molecular formula is C13H13ClN2OS. The number of rotatable bonds is 4. The van der Waals surface area contributed by atoms with Crippen LogP contribution in [0.4, 0.5) is 0 Å². The monoisotopic (exact) mass is 280 g/mol. The average Bonchev–Trinajstić information content (AvgIpc) is 2.37. The molecule has 2 aromatic rings. The summed E-state index contributed by atoms with van der Waals surface area (Å²) in [7, 11) is 0. The minimum atomic E-state index is -0.100. The first-order valence-electron chi connectivity index (χ1n) is 5.65. The molecule has 1 N–H and O–H groups in total. The van der Waals surface area contributed by atoms with Gasteiger partial charge in [0.2, 0.25) is 0 Å². The quantitative estimate of drug-likeness (QED) is 0.874. The van der Waals surface area contributed by atoms with Gasteiger partial charge in [0, 0.05) is 16.7 Å². The topological polar surface area (TPSA) is 45.8 Å². The van der Waals surface area contributed by atoms with Crippen LogP contribution in [0.1, 0.15) is 18.4 Å². The molecule has 0 saturated carbocycles. The molecule has 0 fully saturated rings. The van der Waals surface area contributed by atoms with Crippen LogP contribution >= 0.6 is 23.4 Å². The Morgan fingerprint density at radius 1 is 1.39 bits per heavy atom. The molecule has 94 valence electrons. The van der Waals surface area contributed by atoms with E-state index in [0.717, 1.165) is 22.0 Å². The van der Waals surface area contributed by atoms with E-state index in [4.69, 9.17) is 11.6 Å². The van der Waals surface area contributed by atoms with Gasteiger partial charge in [0.25, 0.3) is 5.56 Å². The van der Waals surface area contributed by atoms with E-state index >= 15 is 0 Å². The van der Waals surface area contributed by atoms with Crippen molar-refractivity contribution >= 4 is 23.4 Å². The van der Waals surface area contributed by atoms with Gasteiger partial charge in [-0.25, -0.2) is 4.98 Å². The maximum absolute atomic E-state index is 11.4. The zero-order valence-electron chi connectivity index (χ0n) is 9.94. The number of hydrogen-bond acceptors (Lipinski definition) is 3. The summed E-state index contributed by atoms with van der Waals surface area (Å²) >= 11 is 7.63. The highest BCUT2D eigenvalue weighted by molar-refractivity contribution is 7.98. The lowest BCUT2D eigenvalue weighted by atomic mass is 10.3. The molecule has 0 aliphatic heterocycles. The molecule has 0 aliphatic rings. The van der Waals surface area contributed by atoms with Gasteiger partial charge in [-0.05, 0) is 18.6 Å². The Morgan fingerprint density at radius 2 is 2.17 bits per heavy atom. The smallest absolute Gasteiger partial charge is 0.251 e. The van der Waals surface area contributed by atoms with Gasteiger partial charge in [-0.3, -0.25) is 4.79 Å². The second-order valence-corrected chi connectivity index (χ2v) is 5.18. The normalized spacial score (nSPS) is 10.6. The van der Waals surface area contributed by atoms with Crippen molar-refractivity contribution in [3.05, 3.63) is 57.2 Å². The molecular weight excluding hydrogens is 268 g/mol. The third-order valence-electron chi connectivity index (χ3n) is 2.41. The van der Waals surface area contributed by atoms with Crippen molar-refractivity contribution in [2.75, 3.05) is 0 Å². The molecule has 0 aliphatic carbocycles. The van der Waals surface area contributed by atoms with Gasteiger partial charge in [0.05, 0.1) is 10.8 Å². The minimum Gasteiger partial charge on any atom is -0.310 e. The molecule has 0 bridgehead atoms. The SMILES string of the molecule is CCc1cc(=O)[nH]c(CSc2ccccc2Cl)n1. The Labute approximate surface area is 115 Å². The standard InChI is InChI=1S/C13H13ClN2OS/c1-2-9-7-13(17)16-12(15-9)8-18-11-6-4-3-5-10(11)14/h3-7H,2,8H2,1H3,(H,15,16,17). The lowest BCUT2D eigenvalue weighted by Crippen LogP contribution is -2.11. The first kappa shape index (κ1) is 13.2. The fraction of sp³-hybridized carbons (Fsp3) is 0.231. The van der Waals surface area contributed by atoms with Crippen molar-refractivity contribution in [2.24, 2.45) is 0 Å². The summed E-state index contributed by atoms with van der Waals surface area (Å²) < 4.78 is 0. The highest BCUT2D eigenvalue weighted by Crippen LogP contribution is 2.28. The molecule has 0 radical (unpaired) electrons. The molecule has 0 spiro atoms. The molecule has 18 heavy (non-hydrogen) atoms. The molecule has 1 aromatic carbocycles. The van der Waals surface area contributed by atoms with Crippen LogP contribution < -0.4 is 5.56 Å². The third kappa shape index (κ3) is 3.37. The summed E-state index contributed by atoms with van der Waals surface area (Å²) in [4.78, 5) is 19.5. The highest BCUT2D eigenvalue weighted by atomic mass is 35.5. The second kappa shape index (κ2) is 6.07. The summed E-state index contributed by atoms with van der Waals surface area (Å²) in [5.41, 5.74) is 0.713. The Kier molecular flexibility index (Phi) is 4.44. The maximum Gasteiger partial charge on any atom is 0.251 e. The zero-order valence-corrected chi connectivity index (χ0v) is 11.5. The van der Waals surface area contributed by atoms with E-state index in [1.165, 1.54) is 6.07 Å². The van der Waals surface area contributed by atoms with Crippen LogP contribution in [0.2, 0.25) is 5.02 Å². The second-order valence-electron chi connectivity index (χ2n) is 3.76. The summed E-state index contributed by atoms with van der Waals surface area (Å²) in [5.74, 6) is 1.29. The van der Waals surface area contributed by atoms with Crippen LogP contribution in [0.3, 0.4) is 0 Å². The average molecular weight is 281 g/mol. The lowest BCUT2D eigenvalue weighted by Gasteiger charge is -2.04. The molecule has 5 heteroatoms. The lowest BCUT2D eigenvalue weighted by molar-refractivity contribution is 0.920. The summed E-state index contributed by atoms with van der Waals surface area (Å²) in [5, 5.41) is 0.719. The minimum absolute atomic E-state index is 0.100. The number of H-pyrrole nitrogens is 1. The van der Waals surface area contributed by atoms with E-state index in [1.54, 1.807) is 11.8 Å². The van der Waals surface area contributed by atoms with E-state index in [0.29, 0.717) is 11.6 Å². The summed E-state index contributed by atoms with van der Waals surface area (Å²) in [6, 6.07) is 9.16. The van der Waals surface area contributed by atoms with Crippen LogP contribution in [0.25, 0.3) is 0 Å². The summed E-state index contributed by atoms with van der Waals surface area (Å²) in [6.07, 6.45) is 0.758. The maximum atomic E-state index is 11.4. The van der Waals surface area contributed by atoms with Gasteiger partial charge >= 0.3 is 0 Å². The summed E-state index contributed by atoms with van der Waals surface area (Å²) in [6.45, 7) is 1.98. The number of aryl methyl sites for hydroxylation is 1. The number of benzene rings is 1. The molecule has 2 rings (SSSR count). The molecule has 0 saturated heterocycles. The Hall–Kier alpha value is -1.26. The van der Waals surface area contributed by atoms with Crippen LogP contribution in [0.15, 0.2) is 40.0 Å². The Morgan fingerprint density at radius 3 is 2.89 bits per heavy atom. The van der Waals surface area contributed by atoms with Gasteiger partial charge in [-0.2, -0.15) is 0 Å². The fourth-order valence-corrected chi connectivity index (χ4v) is 2.63. The van der Waals surface area contributed by atoms with E-state index in [-0.39, 0.29) is 5.56 Å². The predicted octanol–water partition coefficient (Wildman–Crippen LogP) is 3.28. The molecule has 1 heterocycles. The highest BCUT2D eigenvalue weighted by Gasteiger charge is 2.03. The van der Waals surface area contributed by atoms with Crippen LogP contribution in [0, 0.1) is 0 Å². The molecule has 0 unspecified atom stereocenters. The van der Waals surface area contributed by atoms with Crippen molar-refractivity contribution in [3.63, 3.8) is 0 Å². The number of nitrogens with zero attached hydrogens (tertiary/aromatic N) is 1.